The Morgan fingerprint density at radius 1 is 1.09 bits per heavy atom. The average molecular weight is 479 g/mol. The lowest BCUT2D eigenvalue weighted by Crippen LogP contribution is -2.25. The number of thioether (sulfide) groups is 1. The van der Waals surface area contributed by atoms with Crippen LogP contribution in [0.25, 0.3) is 0 Å². The van der Waals surface area contributed by atoms with Crippen molar-refractivity contribution >= 4 is 51.5 Å². The van der Waals surface area contributed by atoms with Gasteiger partial charge < -0.3 is 5.32 Å². The maximum atomic E-state index is 13.8. The van der Waals surface area contributed by atoms with Crippen molar-refractivity contribution in [3.05, 3.63) is 88.4 Å². The standard InChI is InChI=1S/C24H19FN4O2S2/c25-16-9-4-5-10-17(16)26-22(30)14-21-23(31)27-24(33-21)29-19(15-7-2-1-3-8-15)13-18(28-29)20-11-6-12-32-20/h1-12,19,21H,13-14H2,(H,26,30)/t19-,21-/m0/s1. The number of hydrogen-bond acceptors (Lipinski definition) is 6. The molecule has 0 saturated carbocycles. The molecule has 2 aliphatic heterocycles. The van der Waals surface area contributed by atoms with Crippen LogP contribution in [0, 0.1) is 5.82 Å². The van der Waals surface area contributed by atoms with Gasteiger partial charge in [-0.25, -0.2) is 9.40 Å². The van der Waals surface area contributed by atoms with E-state index >= 15 is 0 Å². The average Bonchev–Trinajstić information content (AvgIpc) is 3.56. The summed E-state index contributed by atoms with van der Waals surface area (Å²) in [5, 5.41) is 10.9. The summed E-state index contributed by atoms with van der Waals surface area (Å²) in [4.78, 5) is 30.4. The molecule has 0 radical (unpaired) electrons. The highest BCUT2D eigenvalue weighted by molar-refractivity contribution is 8.15. The summed E-state index contributed by atoms with van der Waals surface area (Å²) in [5.74, 6) is -1.34. The second kappa shape index (κ2) is 9.29. The maximum Gasteiger partial charge on any atom is 0.262 e. The fraction of sp³-hybridized carbons (Fsp3) is 0.167. The van der Waals surface area contributed by atoms with E-state index in [2.05, 4.69) is 10.3 Å². The summed E-state index contributed by atoms with van der Waals surface area (Å²) in [5.41, 5.74) is 2.10. The first-order valence-electron chi connectivity index (χ1n) is 10.4. The molecule has 2 atom stereocenters. The SMILES string of the molecule is O=C(C[C@@H]1SC(N2N=C(c3cccs3)C[C@H]2c2ccccc2)=NC1=O)Nc1ccccc1F. The number of nitrogens with zero attached hydrogens (tertiary/aromatic N) is 3. The highest BCUT2D eigenvalue weighted by atomic mass is 32.2. The topological polar surface area (TPSA) is 74.1 Å². The molecule has 3 heterocycles. The van der Waals surface area contributed by atoms with Gasteiger partial charge >= 0.3 is 0 Å². The Morgan fingerprint density at radius 2 is 1.88 bits per heavy atom. The molecule has 5 rings (SSSR count). The van der Waals surface area contributed by atoms with Crippen LogP contribution in [0.3, 0.4) is 0 Å². The molecule has 0 aliphatic carbocycles. The van der Waals surface area contributed by atoms with Crippen molar-refractivity contribution in [3.63, 3.8) is 0 Å². The van der Waals surface area contributed by atoms with Gasteiger partial charge in [0.1, 0.15) is 11.1 Å². The summed E-state index contributed by atoms with van der Waals surface area (Å²) in [6.45, 7) is 0. The summed E-state index contributed by atoms with van der Waals surface area (Å²) in [6, 6.07) is 19.8. The zero-order valence-electron chi connectivity index (χ0n) is 17.3. The second-order valence-corrected chi connectivity index (χ2v) is 9.69. The van der Waals surface area contributed by atoms with Crippen LogP contribution < -0.4 is 5.32 Å². The van der Waals surface area contributed by atoms with Gasteiger partial charge in [-0.15, -0.1) is 11.3 Å². The Labute approximate surface area is 198 Å². The Kier molecular flexibility index (Phi) is 6.06. The van der Waals surface area contributed by atoms with Gasteiger partial charge in [-0.05, 0) is 29.1 Å². The van der Waals surface area contributed by atoms with Crippen molar-refractivity contribution in [3.8, 4) is 0 Å². The number of halogens is 1. The van der Waals surface area contributed by atoms with Crippen molar-refractivity contribution in [2.45, 2.75) is 24.1 Å². The van der Waals surface area contributed by atoms with Crippen LogP contribution in [0.15, 0.2) is 82.2 Å². The number of hydrazone groups is 1. The second-order valence-electron chi connectivity index (χ2n) is 7.57. The van der Waals surface area contributed by atoms with Crippen molar-refractivity contribution in [1.29, 1.82) is 0 Å². The molecular weight excluding hydrogens is 459 g/mol. The largest absolute Gasteiger partial charge is 0.324 e. The zero-order valence-corrected chi connectivity index (χ0v) is 19.0. The van der Waals surface area contributed by atoms with Crippen LogP contribution in [0.1, 0.15) is 29.3 Å². The molecule has 0 fully saturated rings. The predicted octanol–water partition coefficient (Wildman–Crippen LogP) is 5.07. The number of thiophene rings is 1. The number of amidine groups is 1. The molecule has 2 amide bonds. The minimum atomic E-state index is -0.677. The first-order valence-corrected chi connectivity index (χ1v) is 12.1. The van der Waals surface area contributed by atoms with Gasteiger partial charge in [0.25, 0.3) is 5.91 Å². The van der Waals surface area contributed by atoms with Crippen LogP contribution >= 0.6 is 23.1 Å². The lowest BCUT2D eigenvalue weighted by atomic mass is 10.0. The maximum absolute atomic E-state index is 13.8. The minimum Gasteiger partial charge on any atom is -0.324 e. The van der Waals surface area contributed by atoms with Gasteiger partial charge in [-0.3, -0.25) is 9.59 Å². The van der Waals surface area contributed by atoms with Crippen LogP contribution in [-0.2, 0) is 9.59 Å². The molecule has 9 heteroatoms. The number of hydrogen-bond donors (Lipinski definition) is 1. The molecular formula is C24H19FN4O2S2. The van der Waals surface area contributed by atoms with Crippen LogP contribution in [-0.4, -0.2) is 33.0 Å². The number of amides is 2. The molecule has 166 valence electrons. The van der Waals surface area contributed by atoms with E-state index < -0.39 is 17.0 Å². The number of carbonyl (C=O) groups is 2. The molecule has 0 spiro atoms. The Bertz CT molecular complexity index is 1240. The van der Waals surface area contributed by atoms with Gasteiger partial charge in [0.2, 0.25) is 5.91 Å². The number of nitrogens with one attached hydrogen (secondary N) is 1. The molecule has 2 aromatic carbocycles. The monoisotopic (exact) mass is 478 g/mol. The number of para-hydroxylation sites is 1. The molecule has 1 N–H and O–H groups in total. The normalized spacial score (nSPS) is 20.0. The van der Waals surface area contributed by atoms with E-state index in [1.54, 1.807) is 28.5 Å². The minimum absolute atomic E-state index is 0.0895. The van der Waals surface area contributed by atoms with Crippen LogP contribution in [0.4, 0.5) is 10.1 Å². The number of anilines is 1. The Hall–Kier alpha value is -3.30. The fourth-order valence-electron chi connectivity index (χ4n) is 3.75. The van der Waals surface area contributed by atoms with Gasteiger partial charge in [-0.1, -0.05) is 60.3 Å². The van der Waals surface area contributed by atoms with E-state index in [1.807, 2.05) is 47.8 Å². The van der Waals surface area contributed by atoms with Crippen molar-refractivity contribution < 1.29 is 14.0 Å². The van der Waals surface area contributed by atoms with E-state index in [4.69, 9.17) is 5.10 Å². The summed E-state index contributed by atoms with van der Waals surface area (Å²) < 4.78 is 13.8. The van der Waals surface area contributed by atoms with Crippen molar-refractivity contribution in [2.24, 2.45) is 10.1 Å². The van der Waals surface area contributed by atoms with E-state index in [1.165, 1.54) is 23.9 Å². The molecule has 1 aromatic heterocycles. The fourth-order valence-corrected chi connectivity index (χ4v) is 5.53. The van der Waals surface area contributed by atoms with Crippen molar-refractivity contribution in [2.75, 3.05) is 5.32 Å². The molecule has 0 unspecified atom stereocenters. The van der Waals surface area contributed by atoms with Crippen molar-refractivity contribution in [1.82, 2.24) is 5.01 Å². The van der Waals surface area contributed by atoms with E-state index in [0.717, 1.165) is 16.2 Å². The quantitative estimate of drug-likeness (QED) is 0.556. The summed E-state index contributed by atoms with van der Waals surface area (Å²) in [7, 11) is 0. The smallest absolute Gasteiger partial charge is 0.262 e. The summed E-state index contributed by atoms with van der Waals surface area (Å²) in [6.07, 6.45) is 0.590. The van der Waals surface area contributed by atoms with Crippen LogP contribution in [0.2, 0.25) is 0 Å². The number of aliphatic imine (C=N–C) groups is 1. The van der Waals surface area contributed by atoms with Gasteiger partial charge in [0, 0.05) is 12.8 Å². The van der Waals surface area contributed by atoms with E-state index in [-0.39, 0.29) is 24.1 Å². The molecule has 0 saturated heterocycles. The third kappa shape index (κ3) is 4.60. The molecule has 33 heavy (non-hydrogen) atoms. The van der Waals surface area contributed by atoms with Crippen LogP contribution in [0.5, 0.6) is 0 Å². The van der Waals surface area contributed by atoms with Gasteiger partial charge in [0.15, 0.2) is 5.17 Å². The molecule has 2 aliphatic rings. The number of benzene rings is 2. The first kappa shape index (κ1) is 21.5. The third-order valence-electron chi connectivity index (χ3n) is 5.34. The summed E-state index contributed by atoms with van der Waals surface area (Å²) >= 11 is 2.84. The van der Waals surface area contributed by atoms with Gasteiger partial charge in [0.05, 0.1) is 22.3 Å². The Morgan fingerprint density at radius 3 is 2.64 bits per heavy atom. The molecule has 3 aromatic rings. The van der Waals surface area contributed by atoms with Gasteiger partial charge in [-0.2, -0.15) is 10.1 Å². The number of carbonyl (C=O) groups excluding carboxylic acids is 2. The third-order valence-corrected chi connectivity index (χ3v) is 7.40. The van der Waals surface area contributed by atoms with E-state index in [9.17, 15) is 14.0 Å². The first-order chi connectivity index (χ1) is 16.1. The highest BCUT2D eigenvalue weighted by Gasteiger charge is 2.39. The number of rotatable bonds is 5. The van der Waals surface area contributed by atoms with E-state index in [0.29, 0.717) is 11.6 Å². The Balaban J connectivity index is 1.33. The lowest BCUT2D eigenvalue weighted by Gasteiger charge is -2.23. The molecule has 6 nitrogen and oxygen atoms in total. The predicted molar refractivity (Wildman–Crippen MR) is 130 cm³/mol. The molecule has 0 bridgehead atoms. The lowest BCUT2D eigenvalue weighted by molar-refractivity contribution is -0.121. The highest BCUT2D eigenvalue weighted by Crippen LogP contribution is 2.39. The zero-order chi connectivity index (χ0) is 22.8.